The van der Waals surface area contributed by atoms with Crippen molar-refractivity contribution in [1.82, 2.24) is 0 Å². The van der Waals surface area contributed by atoms with E-state index < -0.39 is 42.6 Å². The van der Waals surface area contributed by atoms with Crippen LogP contribution in [-0.2, 0) is 16.0 Å². The van der Waals surface area contributed by atoms with E-state index in [1.54, 1.807) is 6.92 Å². The molecule has 152 valence electrons. The second kappa shape index (κ2) is 7.61. The van der Waals surface area contributed by atoms with Gasteiger partial charge in [-0.15, -0.1) is 0 Å². The van der Waals surface area contributed by atoms with Gasteiger partial charge in [0, 0.05) is 6.07 Å². The zero-order valence-corrected chi connectivity index (χ0v) is 15.3. The van der Waals surface area contributed by atoms with Gasteiger partial charge >= 0.3 is 0 Å². The van der Waals surface area contributed by atoms with Gasteiger partial charge in [-0.05, 0) is 25.5 Å². The summed E-state index contributed by atoms with van der Waals surface area (Å²) in [6.45, 7) is 2.27. The van der Waals surface area contributed by atoms with E-state index in [-0.39, 0.29) is 40.2 Å². The summed E-state index contributed by atoms with van der Waals surface area (Å²) < 4.78 is 11.2. The number of hydrogen-bond donors (Lipinski definition) is 5. The Bertz CT molecular complexity index is 962. The van der Waals surface area contributed by atoms with Gasteiger partial charge in [0.15, 0.2) is 5.43 Å². The number of ether oxygens (including phenoxy) is 1. The Kier molecular flexibility index (Phi) is 5.55. The molecule has 1 aromatic carbocycles. The van der Waals surface area contributed by atoms with Crippen LogP contribution < -0.4 is 5.43 Å². The smallest absolute Gasteiger partial charge is 0.193 e. The highest BCUT2D eigenvalue weighted by Gasteiger charge is 2.45. The van der Waals surface area contributed by atoms with E-state index >= 15 is 0 Å². The molecule has 2 aromatic rings. The molecule has 0 spiro atoms. The van der Waals surface area contributed by atoms with E-state index in [0.717, 1.165) is 0 Å². The number of aryl methyl sites for hydroxylation is 1. The maximum absolute atomic E-state index is 12.6. The summed E-state index contributed by atoms with van der Waals surface area (Å²) in [5, 5.41) is 50.5. The minimum absolute atomic E-state index is 0.0702. The van der Waals surface area contributed by atoms with Gasteiger partial charge in [-0.2, -0.15) is 0 Å². The van der Waals surface area contributed by atoms with Gasteiger partial charge in [0.2, 0.25) is 0 Å². The lowest BCUT2D eigenvalue weighted by molar-refractivity contribution is -0.231. The van der Waals surface area contributed by atoms with E-state index in [4.69, 9.17) is 9.15 Å². The molecule has 1 saturated heterocycles. The number of hydrogen-bond acceptors (Lipinski definition) is 9. The Hall–Kier alpha value is -2.30. The highest BCUT2D eigenvalue weighted by molar-refractivity contribution is 5.86. The summed E-state index contributed by atoms with van der Waals surface area (Å²) >= 11 is 0. The predicted octanol–water partition coefficient (Wildman–Crippen LogP) is -0.547. The molecule has 9 heteroatoms. The van der Waals surface area contributed by atoms with Gasteiger partial charge in [0.1, 0.15) is 53.4 Å². The first-order valence-electron chi connectivity index (χ1n) is 8.74. The largest absolute Gasteiger partial charge is 0.507 e. The number of rotatable bonds is 4. The number of benzene rings is 1. The second-order valence-electron chi connectivity index (χ2n) is 7.04. The third-order valence-electron chi connectivity index (χ3n) is 4.87. The first-order chi connectivity index (χ1) is 13.1. The Labute approximate surface area is 159 Å². The van der Waals surface area contributed by atoms with Crippen molar-refractivity contribution in [2.75, 3.05) is 6.61 Å². The third-order valence-corrected chi connectivity index (χ3v) is 4.87. The maximum Gasteiger partial charge on any atom is 0.193 e. The van der Waals surface area contributed by atoms with Crippen molar-refractivity contribution < 1.29 is 39.5 Å². The molecule has 5 atom stereocenters. The Morgan fingerprint density at radius 2 is 1.82 bits per heavy atom. The number of Topliss-reactive ketones (excluding diaryl/α,β-unsaturated/α-hetero) is 1. The van der Waals surface area contributed by atoms with Crippen LogP contribution in [0.15, 0.2) is 21.3 Å². The lowest BCUT2D eigenvalue weighted by atomic mass is 9.89. The molecule has 0 unspecified atom stereocenters. The van der Waals surface area contributed by atoms with Gasteiger partial charge in [0.25, 0.3) is 0 Å². The minimum Gasteiger partial charge on any atom is -0.507 e. The maximum atomic E-state index is 12.6. The normalized spacial score (nSPS) is 27.9. The molecule has 28 heavy (non-hydrogen) atoms. The summed E-state index contributed by atoms with van der Waals surface area (Å²) in [4.78, 5) is 24.0. The molecule has 0 saturated carbocycles. The standard InChI is InChI=1S/C19H22O9/c1-7-3-10(22)14(19-17(26)16(25)15(24)12(6-20)28-19)18-13(7)11(23)5-9(27-18)4-8(2)21/h3,5,12,15-17,19-20,22,24-26H,4,6H2,1-2H3/t12-,15+,16+,17-,19-/m1/s1. The van der Waals surface area contributed by atoms with E-state index in [1.165, 1.54) is 19.1 Å². The molecule has 1 aliphatic rings. The van der Waals surface area contributed by atoms with Crippen LogP contribution in [-0.4, -0.2) is 62.3 Å². The number of aromatic hydroxyl groups is 1. The number of ketones is 1. The van der Waals surface area contributed by atoms with Gasteiger partial charge < -0.3 is 34.7 Å². The number of aliphatic hydroxyl groups is 4. The van der Waals surface area contributed by atoms with Crippen LogP contribution >= 0.6 is 0 Å². The molecule has 1 aromatic heterocycles. The highest BCUT2D eigenvalue weighted by Crippen LogP contribution is 2.41. The lowest BCUT2D eigenvalue weighted by Crippen LogP contribution is -2.55. The average Bonchev–Trinajstić information content (AvgIpc) is 2.60. The number of carbonyl (C=O) groups excluding carboxylic acids is 1. The Morgan fingerprint density at radius 3 is 2.43 bits per heavy atom. The van der Waals surface area contributed by atoms with E-state index in [9.17, 15) is 35.1 Å². The molecule has 2 heterocycles. The third kappa shape index (κ3) is 3.43. The van der Waals surface area contributed by atoms with Crippen molar-refractivity contribution >= 4 is 16.8 Å². The Morgan fingerprint density at radius 1 is 1.14 bits per heavy atom. The van der Waals surface area contributed by atoms with Crippen molar-refractivity contribution in [3.8, 4) is 5.75 Å². The molecule has 3 rings (SSSR count). The van der Waals surface area contributed by atoms with Crippen LogP contribution in [0.5, 0.6) is 5.75 Å². The van der Waals surface area contributed by atoms with E-state index in [2.05, 4.69) is 0 Å². The zero-order valence-electron chi connectivity index (χ0n) is 15.3. The fraction of sp³-hybridized carbons (Fsp3) is 0.474. The summed E-state index contributed by atoms with van der Waals surface area (Å²) in [5.74, 6) is -0.535. The molecule has 5 N–H and O–H groups in total. The number of aliphatic hydroxyl groups excluding tert-OH is 4. The fourth-order valence-corrected chi connectivity index (χ4v) is 3.52. The van der Waals surface area contributed by atoms with Crippen molar-refractivity contribution in [2.24, 2.45) is 0 Å². The van der Waals surface area contributed by atoms with Crippen LogP contribution in [0.2, 0.25) is 0 Å². The SMILES string of the molecule is CC(=O)Cc1cc(=O)c2c(C)cc(O)c([C@H]3O[C@H](CO)[C@H](O)[C@H](O)[C@H]3O)c2o1. The molecular formula is C19H22O9. The van der Waals surface area contributed by atoms with Gasteiger partial charge in [-0.25, -0.2) is 0 Å². The molecular weight excluding hydrogens is 372 g/mol. The molecule has 1 aliphatic heterocycles. The van der Waals surface area contributed by atoms with Crippen LogP contribution in [0, 0.1) is 6.92 Å². The van der Waals surface area contributed by atoms with Crippen LogP contribution in [0.25, 0.3) is 11.0 Å². The first-order valence-corrected chi connectivity index (χ1v) is 8.74. The molecule has 0 bridgehead atoms. The molecule has 0 aliphatic carbocycles. The highest BCUT2D eigenvalue weighted by atomic mass is 16.5. The zero-order chi connectivity index (χ0) is 20.7. The van der Waals surface area contributed by atoms with Crippen LogP contribution in [0.4, 0.5) is 0 Å². The average molecular weight is 394 g/mol. The number of carbonyl (C=O) groups is 1. The summed E-state index contributed by atoms with van der Waals surface area (Å²) in [7, 11) is 0. The van der Waals surface area contributed by atoms with Gasteiger partial charge in [-0.1, -0.05) is 0 Å². The van der Waals surface area contributed by atoms with Crippen LogP contribution in [0.1, 0.15) is 29.9 Å². The quantitative estimate of drug-likeness (QED) is 0.459. The van der Waals surface area contributed by atoms with Crippen molar-refractivity contribution in [3.63, 3.8) is 0 Å². The van der Waals surface area contributed by atoms with E-state index in [0.29, 0.717) is 5.56 Å². The molecule has 0 radical (unpaired) electrons. The summed E-state index contributed by atoms with van der Waals surface area (Å²) in [5.41, 5.74) is -0.240. The van der Waals surface area contributed by atoms with Crippen molar-refractivity contribution in [2.45, 2.75) is 50.8 Å². The minimum atomic E-state index is -1.67. The predicted molar refractivity (Wildman–Crippen MR) is 96.0 cm³/mol. The monoisotopic (exact) mass is 394 g/mol. The number of phenolic OH excluding ortho intramolecular Hbond substituents is 1. The summed E-state index contributed by atoms with van der Waals surface area (Å²) in [6, 6.07) is 2.48. The van der Waals surface area contributed by atoms with Crippen LogP contribution in [0.3, 0.4) is 0 Å². The first kappa shape index (κ1) is 20.4. The second-order valence-corrected chi connectivity index (χ2v) is 7.04. The lowest BCUT2D eigenvalue weighted by Gasteiger charge is -2.40. The topological polar surface area (TPSA) is 158 Å². The summed E-state index contributed by atoms with van der Waals surface area (Å²) in [6.07, 6.45) is -7.65. The molecule has 1 fully saturated rings. The van der Waals surface area contributed by atoms with Gasteiger partial charge in [-0.3, -0.25) is 9.59 Å². The molecule has 9 nitrogen and oxygen atoms in total. The van der Waals surface area contributed by atoms with Gasteiger partial charge in [0.05, 0.1) is 24.0 Å². The fourth-order valence-electron chi connectivity index (χ4n) is 3.52. The van der Waals surface area contributed by atoms with Crippen molar-refractivity contribution in [1.29, 1.82) is 0 Å². The van der Waals surface area contributed by atoms with Crippen molar-refractivity contribution in [3.05, 3.63) is 39.2 Å². The molecule has 0 amide bonds. The Balaban J connectivity index is 2.26. The van der Waals surface area contributed by atoms with E-state index in [1.807, 2.05) is 0 Å². The number of fused-ring (bicyclic) bond motifs is 1. The number of phenols is 1.